The van der Waals surface area contributed by atoms with Crippen molar-refractivity contribution in [2.45, 2.75) is 25.3 Å². The highest BCUT2D eigenvalue weighted by atomic mass is 79.9. The van der Waals surface area contributed by atoms with E-state index >= 15 is 0 Å². The maximum absolute atomic E-state index is 13.3. The van der Waals surface area contributed by atoms with E-state index in [1.54, 1.807) is 11.0 Å². The number of likely N-dealkylation sites (tertiary alicyclic amines) is 1. The van der Waals surface area contributed by atoms with Gasteiger partial charge in [0.1, 0.15) is 5.82 Å². The molecule has 0 aromatic heterocycles. The molecule has 1 aromatic carbocycles. The highest BCUT2D eigenvalue weighted by Gasteiger charge is 2.26. The Bertz CT molecular complexity index is 432. The van der Waals surface area contributed by atoms with E-state index in [1.165, 1.54) is 12.1 Å². The smallest absolute Gasteiger partial charge is 0.254 e. The van der Waals surface area contributed by atoms with Crippen LogP contribution in [-0.4, -0.2) is 29.9 Å². The SMILES string of the molecule is NC[C@H]1CCCCN1C(=O)c1cc(F)cc(Br)c1. The largest absolute Gasteiger partial charge is 0.334 e. The summed E-state index contributed by atoms with van der Waals surface area (Å²) < 4.78 is 13.9. The fraction of sp³-hybridized carbons (Fsp3) is 0.462. The number of carbonyl (C=O) groups is 1. The van der Waals surface area contributed by atoms with Gasteiger partial charge < -0.3 is 10.6 Å². The lowest BCUT2D eigenvalue weighted by Crippen LogP contribution is -2.47. The zero-order valence-corrected chi connectivity index (χ0v) is 11.6. The average molecular weight is 315 g/mol. The van der Waals surface area contributed by atoms with Gasteiger partial charge >= 0.3 is 0 Å². The number of nitrogens with zero attached hydrogens (tertiary/aromatic N) is 1. The first-order chi connectivity index (χ1) is 8.61. The second-order valence-electron chi connectivity index (χ2n) is 4.54. The average Bonchev–Trinajstić information content (AvgIpc) is 2.36. The summed E-state index contributed by atoms with van der Waals surface area (Å²) in [5.74, 6) is -0.542. The summed E-state index contributed by atoms with van der Waals surface area (Å²) in [6.45, 7) is 1.16. The second kappa shape index (κ2) is 5.80. The third kappa shape index (κ3) is 2.90. The number of hydrogen-bond donors (Lipinski definition) is 1. The van der Waals surface area contributed by atoms with Crippen molar-refractivity contribution in [2.75, 3.05) is 13.1 Å². The molecule has 0 aliphatic carbocycles. The van der Waals surface area contributed by atoms with Gasteiger partial charge in [0.15, 0.2) is 0 Å². The molecule has 3 nitrogen and oxygen atoms in total. The van der Waals surface area contributed by atoms with Gasteiger partial charge in [-0.3, -0.25) is 4.79 Å². The predicted octanol–water partition coefficient (Wildman–Crippen LogP) is 2.54. The van der Waals surface area contributed by atoms with Gasteiger partial charge in [-0.05, 0) is 37.5 Å². The van der Waals surface area contributed by atoms with Gasteiger partial charge in [-0.15, -0.1) is 0 Å². The van der Waals surface area contributed by atoms with Crippen LogP contribution in [0, 0.1) is 5.82 Å². The summed E-state index contributed by atoms with van der Waals surface area (Å²) in [6, 6.07) is 4.34. The molecule has 0 radical (unpaired) electrons. The summed E-state index contributed by atoms with van der Waals surface area (Å²) in [4.78, 5) is 14.1. The summed E-state index contributed by atoms with van der Waals surface area (Å²) in [6.07, 6.45) is 3.01. The van der Waals surface area contributed by atoms with E-state index in [4.69, 9.17) is 5.73 Å². The van der Waals surface area contributed by atoms with Crippen LogP contribution < -0.4 is 5.73 Å². The van der Waals surface area contributed by atoms with Gasteiger partial charge in [-0.25, -0.2) is 4.39 Å². The molecule has 1 fully saturated rings. The maximum Gasteiger partial charge on any atom is 0.254 e. The molecule has 2 N–H and O–H groups in total. The van der Waals surface area contributed by atoms with Crippen LogP contribution in [-0.2, 0) is 0 Å². The molecule has 0 unspecified atom stereocenters. The lowest BCUT2D eigenvalue weighted by atomic mass is 10.0. The van der Waals surface area contributed by atoms with E-state index in [1.807, 2.05) is 0 Å². The van der Waals surface area contributed by atoms with Gasteiger partial charge in [-0.2, -0.15) is 0 Å². The van der Waals surface area contributed by atoms with Gasteiger partial charge in [0.25, 0.3) is 5.91 Å². The Balaban J connectivity index is 2.23. The van der Waals surface area contributed by atoms with E-state index in [0.717, 1.165) is 19.3 Å². The molecule has 2 rings (SSSR count). The molecule has 1 aromatic rings. The molecular formula is C13H16BrFN2O. The second-order valence-corrected chi connectivity index (χ2v) is 5.46. The Morgan fingerprint density at radius 2 is 2.22 bits per heavy atom. The van der Waals surface area contributed by atoms with Crippen LogP contribution in [0.25, 0.3) is 0 Å². The third-order valence-electron chi connectivity index (χ3n) is 3.27. The third-order valence-corrected chi connectivity index (χ3v) is 3.73. The van der Waals surface area contributed by atoms with Crippen LogP contribution in [0.4, 0.5) is 4.39 Å². The van der Waals surface area contributed by atoms with E-state index < -0.39 is 5.82 Å². The highest BCUT2D eigenvalue weighted by molar-refractivity contribution is 9.10. The van der Waals surface area contributed by atoms with Crippen LogP contribution in [0.3, 0.4) is 0 Å². The number of hydrogen-bond acceptors (Lipinski definition) is 2. The number of benzene rings is 1. The zero-order valence-electron chi connectivity index (χ0n) is 10.0. The van der Waals surface area contributed by atoms with E-state index in [0.29, 0.717) is 23.1 Å². The molecule has 1 saturated heterocycles. The molecule has 1 aliphatic heterocycles. The van der Waals surface area contributed by atoms with Gasteiger partial charge in [0, 0.05) is 29.2 Å². The van der Waals surface area contributed by atoms with E-state index in [2.05, 4.69) is 15.9 Å². The first-order valence-electron chi connectivity index (χ1n) is 6.09. The molecule has 98 valence electrons. The number of rotatable bonds is 2. The minimum absolute atomic E-state index is 0.0771. The Morgan fingerprint density at radius 3 is 2.89 bits per heavy atom. The summed E-state index contributed by atoms with van der Waals surface area (Å²) >= 11 is 3.20. The lowest BCUT2D eigenvalue weighted by molar-refractivity contribution is 0.0623. The van der Waals surface area contributed by atoms with Crippen molar-refractivity contribution in [1.29, 1.82) is 0 Å². The molecule has 0 spiro atoms. The number of amides is 1. The van der Waals surface area contributed by atoms with Crippen LogP contribution >= 0.6 is 15.9 Å². The Hall–Kier alpha value is -0.940. The summed E-state index contributed by atoms with van der Waals surface area (Å²) in [7, 11) is 0. The van der Waals surface area contributed by atoms with Gasteiger partial charge in [-0.1, -0.05) is 15.9 Å². The minimum Gasteiger partial charge on any atom is -0.334 e. The molecule has 1 heterocycles. The van der Waals surface area contributed by atoms with Crippen molar-refractivity contribution in [1.82, 2.24) is 4.90 Å². The van der Waals surface area contributed by atoms with Crippen molar-refractivity contribution >= 4 is 21.8 Å². The van der Waals surface area contributed by atoms with Crippen LogP contribution in [0.15, 0.2) is 22.7 Å². The van der Waals surface area contributed by atoms with Gasteiger partial charge in [0.05, 0.1) is 0 Å². The topological polar surface area (TPSA) is 46.3 Å². The first kappa shape index (κ1) is 13.5. The Morgan fingerprint density at radius 1 is 1.44 bits per heavy atom. The zero-order chi connectivity index (χ0) is 13.1. The molecular weight excluding hydrogens is 299 g/mol. The fourth-order valence-corrected chi connectivity index (χ4v) is 2.82. The summed E-state index contributed by atoms with van der Waals surface area (Å²) in [5, 5.41) is 0. The molecule has 5 heteroatoms. The molecule has 0 bridgehead atoms. The minimum atomic E-state index is -0.408. The number of carbonyl (C=O) groups excluding carboxylic acids is 1. The van der Waals surface area contributed by atoms with Crippen LogP contribution in [0.5, 0.6) is 0 Å². The molecule has 1 atom stereocenters. The van der Waals surface area contributed by atoms with Crippen molar-refractivity contribution in [3.8, 4) is 0 Å². The van der Waals surface area contributed by atoms with Crippen molar-refractivity contribution < 1.29 is 9.18 Å². The Labute approximate surface area is 114 Å². The van der Waals surface area contributed by atoms with Crippen molar-refractivity contribution in [2.24, 2.45) is 5.73 Å². The lowest BCUT2D eigenvalue weighted by Gasteiger charge is -2.35. The quantitative estimate of drug-likeness (QED) is 0.912. The number of halogens is 2. The number of nitrogens with two attached hydrogens (primary N) is 1. The molecule has 18 heavy (non-hydrogen) atoms. The van der Waals surface area contributed by atoms with Crippen molar-refractivity contribution in [3.05, 3.63) is 34.1 Å². The normalized spacial score (nSPS) is 19.9. The summed E-state index contributed by atoms with van der Waals surface area (Å²) in [5.41, 5.74) is 6.07. The highest BCUT2D eigenvalue weighted by Crippen LogP contribution is 2.21. The molecule has 0 saturated carbocycles. The maximum atomic E-state index is 13.3. The Kier molecular flexibility index (Phi) is 4.35. The standard InChI is InChI=1S/C13H16BrFN2O/c14-10-5-9(6-11(15)7-10)13(18)17-4-2-1-3-12(17)8-16/h5-7,12H,1-4,8,16H2/t12-/m1/s1. The number of piperidine rings is 1. The van der Waals surface area contributed by atoms with E-state index in [9.17, 15) is 9.18 Å². The van der Waals surface area contributed by atoms with Crippen LogP contribution in [0.2, 0.25) is 0 Å². The van der Waals surface area contributed by atoms with Crippen LogP contribution in [0.1, 0.15) is 29.6 Å². The van der Waals surface area contributed by atoms with Crippen molar-refractivity contribution in [3.63, 3.8) is 0 Å². The van der Waals surface area contributed by atoms with Gasteiger partial charge in [0.2, 0.25) is 0 Å². The molecule has 1 aliphatic rings. The molecule has 1 amide bonds. The first-order valence-corrected chi connectivity index (χ1v) is 6.88. The monoisotopic (exact) mass is 314 g/mol. The fourth-order valence-electron chi connectivity index (χ4n) is 2.36. The predicted molar refractivity (Wildman–Crippen MR) is 71.8 cm³/mol. The van der Waals surface area contributed by atoms with E-state index in [-0.39, 0.29) is 11.9 Å².